The van der Waals surface area contributed by atoms with E-state index in [1.165, 1.54) is 18.4 Å². The van der Waals surface area contributed by atoms with Gasteiger partial charge in [-0.2, -0.15) is 5.10 Å². The van der Waals surface area contributed by atoms with E-state index in [1.54, 1.807) is 0 Å². The summed E-state index contributed by atoms with van der Waals surface area (Å²) < 4.78 is 0. The first-order valence-electron chi connectivity index (χ1n) is 10.3. The lowest BCUT2D eigenvalue weighted by Gasteiger charge is -2.27. The van der Waals surface area contributed by atoms with Gasteiger partial charge in [-0.25, -0.2) is 4.98 Å². The molecule has 0 aliphatic carbocycles. The van der Waals surface area contributed by atoms with Crippen LogP contribution in [0.3, 0.4) is 0 Å². The lowest BCUT2D eigenvalue weighted by Crippen LogP contribution is -2.31. The van der Waals surface area contributed by atoms with E-state index in [-0.39, 0.29) is 0 Å². The third-order valence-electron chi connectivity index (χ3n) is 4.58. The molecule has 0 bridgehead atoms. The number of hydrogen-bond acceptors (Lipinski definition) is 4. The van der Waals surface area contributed by atoms with Crippen molar-refractivity contribution in [2.45, 2.75) is 54.0 Å². The SMILES string of the molecule is CCCCN(C)Cc1cn[nH]c1-c1ccc(N(CC(C)C)CC(C)C)nc1. The highest BCUT2D eigenvalue weighted by Gasteiger charge is 2.14. The van der Waals surface area contributed by atoms with Crippen molar-refractivity contribution >= 4 is 5.82 Å². The van der Waals surface area contributed by atoms with E-state index in [9.17, 15) is 0 Å². The summed E-state index contributed by atoms with van der Waals surface area (Å²) >= 11 is 0. The number of unbranched alkanes of at least 4 members (excludes halogenated alkanes) is 1. The third-order valence-corrected chi connectivity index (χ3v) is 4.58. The minimum absolute atomic E-state index is 0.614. The predicted octanol–water partition coefficient (Wildman–Crippen LogP) is 4.82. The van der Waals surface area contributed by atoms with Gasteiger partial charge in [0.25, 0.3) is 0 Å². The molecule has 150 valence electrons. The van der Waals surface area contributed by atoms with Gasteiger partial charge in [-0.05, 0) is 44.0 Å². The van der Waals surface area contributed by atoms with Crippen molar-refractivity contribution in [3.05, 3.63) is 30.1 Å². The molecule has 0 unspecified atom stereocenters. The van der Waals surface area contributed by atoms with Gasteiger partial charge in [0.1, 0.15) is 5.82 Å². The zero-order valence-electron chi connectivity index (χ0n) is 18.0. The van der Waals surface area contributed by atoms with Crippen LogP contribution >= 0.6 is 0 Å². The number of hydrogen-bond donors (Lipinski definition) is 1. The molecule has 0 aliphatic rings. The molecule has 0 spiro atoms. The van der Waals surface area contributed by atoms with Crippen LogP contribution in [0.15, 0.2) is 24.5 Å². The molecule has 5 heteroatoms. The molecule has 0 aromatic carbocycles. The molecule has 0 amide bonds. The molecular weight excluding hydrogens is 334 g/mol. The Hall–Kier alpha value is -1.88. The highest BCUT2D eigenvalue weighted by Crippen LogP contribution is 2.24. The summed E-state index contributed by atoms with van der Waals surface area (Å²) in [5.74, 6) is 2.29. The van der Waals surface area contributed by atoms with Gasteiger partial charge in [0.15, 0.2) is 0 Å². The Kier molecular flexibility index (Phi) is 8.29. The van der Waals surface area contributed by atoms with Crippen LogP contribution in [-0.2, 0) is 6.54 Å². The van der Waals surface area contributed by atoms with Gasteiger partial charge < -0.3 is 9.80 Å². The van der Waals surface area contributed by atoms with Crippen molar-refractivity contribution in [3.63, 3.8) is 0 Å². The van der Waals surface area contributed by atoms with Gasteiger partial charge in [0.05, 0.1) is 11.9 Å². The molecule has 0 saturated heterocycles. The lowest BCUT2D eigenvalue weighted by atomic mass is 10.1. The van der Waals surface area contributed by atoms with Crippen LogP contribution in [0, 0.1) is 11.8 Å². The van der Waals surface area contributed by atoms with Crippen LogP contribution in [0.2, 0.25) is 0 Å². The molecule has 1 N–H and O–H groups in total. The number of H-pyrrole nitrogens is 1. The summed E-state index contributed by atoms with van der Waals surface area (Å²) in [5, 5.41) is 7.44. The smallest absolute Gasteiger partial charge is 0.128 e. The van der Waals surface area contributed by atoms with Crippen molar-refractivity contribution in [3.8, 4) is 11.3 Å². The first kappa shape index (κ1) is 21.4. The van der Waals surface area contributed by atoms with Crippen LogP contribution in [0.5, 0.6) is 0 Å². The van der Waals surface area contributed by atoms with Crippen LogP contribution in [0.4, 0.5) is 5.82 Å². The molecule has 2 rings (SSSR count). The average molecular weight is 372 g/mol. The largest absolute Gasteiger partial charge is 0.356 e. The number of aromatic nitrogens is 3. The number of aromatic amines is 1. The number of anilines is 1. The highest BCUT2D eigenvalue weighted by atomic mass is 15.2. The van der Waals surface area contributed by atoms with Gasteiger partial charge in [-0.3, -0.25) is 5.10 Å². The van der Waals surface area contributed by atoms with Crippen molar-refractivity contribution in [1.82, 2.24) is 20.1 Å². The second-order valence-corrected chi connectivity index (χ2v) is 8.46. The van der Waals surface area contributed by atoms with E-state index in [2.05, 4.69) is 73.8 Å². The molecule has 0 aliphatic heterocycles. The summed E-state index contributed by atoms with van der Waals surface area (Å²) in [7, 11) is 2.17. The van der Waals surface area contributed by atoms with E-state index in [0.717, 1.165) is 43.3 Å². The normalized spacial score (nSPS) is 11.7. The Morgan fingerprint density at radius 1 is 1.04 bits per heavy atom. The number of nitrogens with one attached hydrogen (secondary N) is 1. The summed E-state index contributed by atoms with van der Waals surface area (Å²) in [4.78, 5) is 9.52. The van der Waals surface area contributed by atoms with Gasteiger partial charge >= 0.3 is 0 Å². The first-order valence-corrected chi connectivity index (χ1v) is 10.3. The van der Waals surface area contributed by atoms with E-state index < -0.39 is 0 Å². The fourth-order valence-electron chi connectivity index (χ4n) is 3.34. The van der Waals surface area contributed by atoms with E-state index in [4.69, 9.17) is 4.98 Å². The Balaban J connectivity index is 2.14. The van der Waals surface area contributed by atoms with Gasteiger partial charge in [-0.1, -0.05) is 41.0 Å². The Bertz CT molecular complexity index is 650. The zero-order valence-corrected chi connectivity index (χ0v) is 18.0. The maximum atomic E-state index is 4.78. The van der Waals surface area contributed by atoms with E-state index in [0.29, 0.717) is 11.8 Å². The van der Waals surface area contributed by atoms with Gasteiger partial charge in [0, 0.05) is 37.0 Å². The number of nitrogens with zero attached hydrogens (tertiary/aromatic N) is 4. The number of rotatable bonds is 11. The average Bonchev–Trinajstić information content (AvgIpc) is 3.06. The second kappa shape index (κ2) is 10.5. The Morgan fingerprint density at radius 3 is 2.30 bits per heavy atom. The standard InChI is InChI=1S/C22H37N5/c1-7-8-11-26(6)16-20-13-24-25-22(20)19-9-10-21(23-12-19)27(14-17(2)3)15-18(4)5/h9-10,12-13,17-18H,7-8,11,14-16H2,1-6H3,(H,24,25). The maximum Gasteiger partial charge on any atom is 0.128 e. The van der Waals surface area contributed by atoms with Crippen molar-refractivity contribution < 1.29 is 0 Å². The molecule has 2 aromatic rings. The molecule has 0 saturated carbocycles. The monoisotopic (exact) mass is 371 g/mol. The molecule has 0 radical (unpaired) electrons. The molecule has 0 atom stereocenters. The Labute approximate surface area is 165 Å². The maximum absolute atomic E-state index is 4.78. The van der Waals surface area contributed by atoms with E-state index >= 15 is 0 Å². The Morgan fingerprint density at radius 2 is 1.74 bits per heavy atom. The molecular formula is C22H37N5. The number of pyridine rings is 1. The minimum atomic E-state index is 0.614. The molecule has 2 heterocycles. The predicted molar refractivity (Wildman–Crippen MR) is 115 cm³/mol. The van der Waals surface area contributed by atoms with E-state index in [1.807, 2.05) is 12.4 Å². The first-order chi connectivity index (χ1) is 12.9. The minimum Gasteiger partial charge on any atom is -0.356 e. The summed E-state index contributed by atoms with van der Waals surface area (Å²) in [5.41, 5.74) is 3.41. The summed E-state index contributed by atoms with van der Waals surface area (Å²) in [6.07, 6.45) is 6.36. The van der Waals surface area contributed by atoms with Crippen LogP contribution < -0.4 is 4.90 Å². The quantitative estimate of drug-likeness (QED) is 0.615. The second-order valence-electron chi connectivity index (χ2n) is 8.46. The molecule has 27 heavy (non-hydrogen) atoms. The zero-order chi connectivity index (χ0) is 19.8. The third kappa shape index (κ3) is 6.65. The fourth-order valence-corrected chi connectivity index (χ4v) is 3.34. The highest BCUT2D eigenvalue weighted by molar-refractivity contribution is 5.63. The van der Waals surface area contributed by atoms with Crippen LogP contribution in [0.1, 0.15) is 53.0 Å². The lowest BCUT2D eigenvalue weighted by molar-refractivity contribution is 0.321. The summed E-state index contributed by atoms with van der Waals surface area (Å²) in [6, 6.07) is 4.31. The molecule has 5 nitrogen and oxygen atoms in total. The van der Waals surface area contributed by atoms with Crippen LogP contribution in [0.25, 0.3) is 11.3 Å². The molecule has 0 fully saturated rings. The van der Waals surface area contributed by atoms with Crippen LogP contribution in [-0.4, -0.2) is 46.8 Å². The van der Waals surface area contributed by atoms with Crippen molar-refractivity contribution in [2.24, 2.45) is 11.8 Å². The molecule has 2 aromatic heterocycles. The van der Waals surface area contributed by atoms with Crippen molar-refractivity contribution in [1.29, 1.82) is 0 Å². The van der Waals surface area contributed by atoms with Gasteiger partial charge in [0.2, 0.25) is 0 Å². The summed E-state index contributed by atoms with van der Waals surface area (Å²) in [6.45, 7) is 15.3. The topological polar surface area (TPSA) is 48.1 Å². The van der Waals surface area contributed by atoms with Crippen molar-refractivity contribution in [2.75, 3.05) is 31.6 Å². The van der Waals surface area contributed by atoms with Gasteiger partial charge in [-0.15, -0.1) is 0 Å². The fraction of sp³-hybridized carbons (Fsp3) is 0.636.